The smallest absolute Gasteiger partial charge is 0.278 e. The number of hydrogen-bond donors (Lipinski definition) is 1. The molecule has 0 radical (unpaired) electrons. The molecule has 5 rings (SSSR count). The number of aromatic nitrogens is 2. The van der Waals surface area contributed by atoms with Crippen LogP contribution in [0.25, 0.3) is 0 Å². The molecule has 1 amide bonds. The molecule has 11 heteroatoms. The summed E-state index contributed by atoms with van der Waals surface area (Å²) in [5, 5.41) is 12.5. The molecule has 0 saturated carbocycles. The number of aryl methyl sites for hydroxylation is 1. The van der Waals surface area contributed by atoms with Gasteiger partial charge in [0.05, 0.1) is 24.3 Å². The number of nitrogens with zero attached hydrogens (tertiary/aromatic N) is 4. The molecular weight excluding hydrogens is 438 g/mol. The van der Waals surface area contributed by atoms with Gasteiger partial charge in [-0.25, -0.2) is 0 Å². The van der Waals surface area contributed by atoms with Gasteiger partial charge in [0.1, 0.15) is 6.17 Å². The summed E-state index contributed by atoms with van der Waals surface area (Å²) in [5.41, 5.74) is -1.42. The van der Waals surface area contributed by atoms with E-state index in [2.05, 4.69) is 4.98 Å². The third-order valence-corrected chi connectivity index (χ3v) is 6.55. The number of hydrogen-bond acceptors (Lipinski definition) is 7. The molecule has 2 fully saturated rings. The minimum atomic E-state index is -1.02. The highest BCUT2D eigenvalue weighted by Gasteiger charge is 2.50. The van der Waals surface area contributed by atoms with Crippen LogP contribution in [0.2, 0.25) is 0 Å². The van der Waals surface area contributed by atoms with Gasteiger partial charge in [0.15, 0.2) is 17.2 Å². The van der Waals surface area contributed by atoms with Crippen molar-refractivity contribution in [2.24, 2.45) is 0 Å². The maximum absolute atomic E-state index is 13.8. The summed E-state index contributed by atoms with van der Waals surface area (Å²) >= 11 is 0. The van der Waals surface area contributed by atoms with Gasteiger partial charge in [-0.15, -0.1) is 0 Å². The molecule has 2 aromatic rings. The van der Waals surface area contributed by atoms with E-state index < -0.39 is 40.9 Å². The molecule has 2 aromatic heterocycles. The molecule has 2 bridgehead atoms. The van der Waals surface area contributed by atoms with Crippen molar-refractivity contribution in [1.82, 2.24) is 14.6 Å². The fraction of sp³-hybridized carbons (Fsp3) is 0.455. The summed E-state index contributed by atoms with van der Waals surface area (Å²) in [5.74, 6) is -3.94. The molecule has 3 aliphatic heterocycles. The second-order valence-electron chi connectivity index (χ2n) is 8.42. The fourth-order valence-electron chi connectivity index (χ4n) is 4.96. The van der Waals surface area contributed by atoms with Gasteiger partial charge in [-0.2, -0.15) is 13.8 Å². The topological polar surface area (TPSA) is 105 Å². The van der Waals surface area contributed by atoms with Crippen LogP contribution in [0, 0.1) is 11.9 Å². The number of rotatable bonds is 5. The summed E-state index contributed by atoms with van der Waals surface area (Å²) in [6, 6.07) is 2.18. The molecule has 3 atom stereocenters. The van der Waals surface area contributed by atoms with E-state index in [-0.39, 0.29) is 41.9 Å². The zero-order chi connectivity index (χ0) is 23.4. The van der Waals surface area contributed by atoms with Gasteiger partial charge in [-0.1, -0.05) is 0 Å². The van der Waals surface area contributed by atoms with Crippen LogP contribution in [0.3, 0.4) is 0 Å². The average Bonchev–Trinajstić information content (AvgIpc) is 3.17. The predicted octanol–water partition coefficient (Wildman–Crippen LogP) is 1.34. The van der Waals surface area contributed by atoms with E-state index in [9.17, 15) is 28.3 Å². The molecule has 174 valence electrons. The molecule has 0 aromatic carbocycles. The third-order valence-electron chi connectivity index (χ3n) is 6.55. The highest BCUT2D eigenvalue weighted by Crippen LogP contribution is 2.36. The molecule has 5 heterocycles. The molecule has 33 heavy (non-hydrogen) atoms. The van der Waals surface area contributed by atoms with E-state index in [0.29, 0.717) is 13.1 Å². The minimum absolute atomic E-state index is 0.0330. The van der Waals surface area contributed by atoms with Crippen molar-refractivity contribution < 1.29 is 28.2 Å². The summed E-state index contributed by atoms with van der Waals surface area (Å²) < 4.78 is 34.2. The SMILES string of the molecule is CCN1C(=O)c2c(O)c(=O)c(C(=O)CCc3ccc(F)nc3F)cn2N2C[C@@H]3CC[C@@H](O3)[C@@H]12. The highest BCUT2D eigenvalue weighted by molar-refractivity contribution is 6.00. The number of morpholine rings is 1. The Kier molecular flexibility index (Phi) is 5.15. The standard InChI is InChI=1S/C22H22F2N4O5/c1-2-26-21-15-7-5-12(33-15)9-28(21)27-10-13(18(30)19(31)17(27)22(26)32)14(29)6-3-11-4-8-16(23)25-20(11)24/h4,8,10,12,15,21,31H,2-3,5-7,9H2,1H3/t12-,15+,21-/m0/s1. The first-order chi connectivity index (χ1) is 15.8. The maximum atomic E-state index is 13.8. The van der Waals surface area contributed by atoms with E-state index in [1.54, 1.807) is 4.90 Å². The van der Waals surface area contributed by atoms with Gasteiger partial charge in [-0.3, -0.25) is 24.1 Å². The zero-order valence-electron chi connectivity index (χ0n) is 17.8. The third kappa shape index (κ3) is 3.38. The van der Waals surface area contributed by atoms with Crippen molar-refractivity contribution in [2.75, 3.05) is 18.1 Å². The van der Waals surface area contributed by atoms with E-state index in [1.807, 2.05) is 11.9 Å². The van der Waals surface area contributed by atoms with Crippen molar-refractivity contribution >= 4 is 11.7 Å². The van der Waals surface area contributed by atoms with Crippen LogP contribution in [0.15, 0.2) is 23.1 Å². The van der Waals surface area contributed by atoms with Crippen molar-refractivity contribution in [2.45, 2.75) is 51.0 Å². The number of aromatic hydroxyl groups is 1. The molecule has 0 unspecified atom stereocenters. The summed E-state index contributed by atoms with van der Waals surface area (Å²) in [7, 11) is 0. The molecule has 1 N–H and O–H groups in total. The number of amides is 1. The summed E-state index contributed by atoms with van der Waals surface area (Å²) in [6.07, 6.45) is 1.84. The van der Waals surface area contributed by atoms with E-state index >= 15 is 0 Å². The lowest BCUT2D eigenvalue weighted by atomic mass is 10.0. The lowest BCUT2D eigenvalue weighted by molar-refractivity contribution is -0.0524. The number of carbonyl (C=O) groups excluding carboxylic acids is 2. The molecule has 0 spiro atoms. The first kappa shape index (κ1) is 21.5. The van der Waals surface area contributed by atoms with Gasteiger partial charge in [0.25, 0.3) is 5.91 Å². The Morgan fingerprint density at radius 2 is 2.06 bits per heavy atom. The number of likely N-dealkylation sites (N-methyl/N-ethyl adjacent to an activating group) is 1. The number of halogens is 2. The highest BCUT2D eigenvalue weighted by atomic mass is 19.1. The van der Waals surface area contributed by atoms with Crippen LogP contribution >= 0.6 is 0 Å². The Balaban J connectivity index is 1.51. The van der Waals surface area contributed by atoms with Gasteiger partial charge in [0.2, 0.25) is 17.3 Å². The second-order valence-corrected chi connectivity index (χ2v) is 8.42. The van der Waals surface area contributed by atoms with Crippen LogP contribution in [0.5, 0.6) is 5.75 Å². The second kappa shape index (κ2) is 7.91. The van der Waals surface area contributed by atoms with Gasteiger partial charge >= 0.3 is 0 Å². The van der Waals surface area contributed by atoms with Crippen molar-refractivity contribution in [3.63, 3.8) is 0 Å². The van der Waals surface area contributed by atoms with Crippen LogP contribution in [0.1, 0.15) is 52.6 Å². The lowest BCUT2D eigenvalue weighted by Gasteiger charge is -2.51. The maximum Gasteiger partial charge on any atom is 0.278 e. The Morgan fingerprint density at radius 1 is 1.27 bits per heavy atom. The van der Waals surface area contributed by atoms with Gasteiger partial charge in [-0.05, 0) is 38.3 Å². The summed E-state index contributed by atoms with van der Waals surface area (Å²) in [6.45, 7) is 2.60. The van der Waals surface area contributed by atoms with Crippen LogP contribution in [-0.4, -0.2) is 62.8 Å². The first-order valence-corrected chi connectivity index (χ1v) is 10.9. The molecular formula is C22H22F2N4O5. The molecule has 0 aliphatic carbocycles. The minimum Gasteiger partial charge on any atom is -0.502 e. The monoisotopic (exact) mass is 460 g/mol. The number of pyridine rings is 2. The largest absolute Gasteiger partial charge is 0.502 e. The number of ketones is 1. The number of Topliss-reactive ketones (excluding diaryl/α,β-unsaturated/α-hetero) is 1. The Morgan fingerprint density at radius 3 is 2.79 bits per heavy atom. The predicted molar refractivity (Wildman–Crippen MR) is 111 cm³/mol. The number of carbonyl (C=O) groups is 2. The van der Waals surface area contributed by atoms with E-state index in [4.69, 9.17) is 4.74 Å². The normalized spacial score (nSPS) is 23.5. The van der Waals surface area contributed by atoms with Crippen molar-refractivity contribution in [3.8, 4) is 5.75 Å². The quantitative estimate of drug-likeness (QED) is 0.530. The molecule has 2 saturated heterocycles. The van der Waals surface area contributed by atoms with E-state index in [0.717, 1.165) is 18.9 Å². The Labute approximate surface area is 187 Å². The number of ether oxygens (including phenoxy) is 1. The van der Waals surface area contributed by atoms with Crippen molar-refractivity contribution in [3.05, 3.63) is 57.3 Å². The zero-order valence-corrected chi connectivity index (χ0v) is 17.8. The molecule has 3 aliphatic rings. The first-order valence-electron chi connectivity index (χ1n) is 10.9. The summed E-state index contributed by atoms with van der Waals surface area (Å²) in [4.78, 5) is 43.5. The van der Waals surface area contributed by atoms with Crippen LogP contribution in [-0.2, 0) is 11.2 Å². The van der Waals surface area contributed by atoms with Crippen molar-refractivity contribution in [1.29, 1.82) is 0 Å². The Bertz CT molecular complexity index is 1220. The van der Waals surface area contributed by atoms with E-state index in [1.165, 1.54) is 16.9 Å². The van der Waals surface area contributed by atoms with Gasteiger partial charge in [0, 0.05) is 24.7 Å². The molecule has 9 nitrogen and oxygen atoms in total. The van der Waals surface area contributed by atoms with Gasteiger partial charge < -0.3 is 14.7 Å². The average molecular weight is 460 g/mol. The van der Waals surface area contributed by atoms with Crippen LogP contribution < -0.4 is 10.4 Å². The van der Waals surface area contributed by atoms with Crippen LogP contribution in [0.4, 0.5) is 8.78 Å². The lowest BCUT2D eigenvalue weighted by Crippen LogP contribution is -2.68. The number of fused-ring (bicyclic) bond motifs is 6. The fourth-order valence-corrected chi connectivity index (χ4v) is 4.96. The Hall–Kier alpha value is -3.34.